The van der Waals surface area contributed by atoms with Crippen LogP contribution < -0.4 is 14.8 Å². The number of anilines is 1. The summed E-state index contributed by atoms with van der Waals surface area (Å²) in [7, 11) is 1.60. The van der Waals surface area contributed by atoms with Crippen molar-refractivity contribution >= 4 is 32.6 Å². The molecule has 28 heavy (non-hydrogen) atoms. The van der Waals surface area contributed by atoms with Gasteiger partial charge in [-0.1, -0.05) is 59.9 Å². The molecule has 1 N–H and O–H groups in total. The minimum absolute atomic E-state index is 0.0856. The van der Waals surface area contributed by atoms with E-state index in [0.29, 0.717) is 16.6 Å². The highest BCUT2D eigenvalue weighted by atomic mass is 32.1. The lowest BCUT2D eigenvalue weighted by molar-refractivity contribution is -0.118. The number of carbonyl (C=O) groups excluding carboxylic acids is 1. The Morgan fingerprint density at radius 3 is 2.46 bits per heavy atom. The van der Waals surface area contributed by atoms with Gasteiger partial charge in [0.2, 0.25) is 0 Å². The first-order chi connectivity index (χ1) is 13.7. The largest absolute Gasteiger partial charge is 0.494 e. The molecule has 0 saturated carbocycles. The third-order valence-electron chi connectivity index (χ3n) is 4.18. The Hall–Kier alpha value is -3.38. The van der Waals surface area contributed by atoms with Gasteiger partial charge in [-0.25, -0.2) is 4.98 Å². The molecule has 0 spiro atoms. The fraction of sp³-hybridized carbons (Fsp3) is 0.0909. The molecule has 0 aliphatic heterocycles. The molecule has 6 heteroatoms. The molecule has 4 rings (SSSR count). The number of nitrogens with one attached hydrogen (secondary N) is 1. The van der Waals surface area contributed by atoms with E-state index in [1.807, 2.05) is 60.7 Å². The number of ether oxygens (including phenoxy) is 2. The van der Waals surface area contributed by atoms with E-state index in [1.165, 1.54) is 11.3 Å². The number of hydrogen-bond acceptors (Lipinski definition) is 5. The van der Waals surface area contributed by atoms with Gasteiger partial charge >= 0.3 is 0 Å². The Balaban J connectivity index is 1.37. The molecule has 1 amide bonds. The normalized spacial score (nSPS) is 10.6. The Kier molecular flexibility index (Phi) is 5.21. The number of aromatic nitrogens is 1. The average Bonchev–Trinajstić information content (AvgIpc) is 3.15. The Labute approximate surface area is 166 Å². The van der Waals surface area contributed by atoms with Crippen LogP contribution in [-0.4, -0.2) is 24.6 Å². The van der Waals surface area contributed by atoms with E-state index in [2.05, 4.69) is 22.4 Å². The molecule has 0 aliphatic carbocycles. The summed E-state index contributed by atoms with van der Waals surface area (Å²) in [6.45, 7) is -0.0856. The summed E-state index contributed by atoms with van der Waals surface area (Å²) in [4.78, 5) is 16.6. The second-order valence-electron chi connectivity index (χ2n) is 6.05. The summed E-state index contributed by atoms with van der Waals surface area (Å²) < 4.78 is 11.8. The highest BCUT2D eigenvalue weighted by molar-refractivity contribution is 7.22. The number of rotatable bonds is 6. The summed E-state index contributed by atoms with van der Waals surface area (Å²) in [5.74, 6) is 1.06. The number of benzene rings is 3. The molecule has 1 aromatic heterocycles. The minimum Gasteiger partial charge on any atom is -0.494 e. The predicted octanol–water partition coefficient (Wildman–Crippen LogP) is 4.99. The van der Waals surface area contributed by atoms with Crippen molar-refractivity contribution in [2.45, 2.75) is 0 Å². The van der Waals surface area contributed by atoms with Gasteiger partial charge in [0.1, 0.15) is 17.0 Å². The second kappa shape index (κ2) is 8.10. The number of carbonyl (C=O) groups is 1. The zero-order valence-corrected chi connectivity index (χ0v) is 16.0. The molecule has 0 bridgehead atoms. The summed E-state index contributed by atoms with van der Waals surface area (Å²) in [6, 6.07) is 23.4. The number of thiazole rings is 1. The molecule has 5 nitrogen and oxygen atoms in total. The summed E-state index contributed by atoms with van der Waals surface area (Å²) in [5, 5.41) is 3.30. The van der Waals surface area contributed by atoms with Gasteiger partial charge in [0, 0.05) is 0 Å². The van der Waals surface area contributed by atoms with Gasteiger partial charge in [-0.15, -0.1) is 0 Å². The fourth-order valence-electron chi connectivity index (χ4n) is 2.82. The molecule has 0 aliphatic rings. The Morgan fingerprint density at radius 2 is 1.71 bits per heavy atom. The van der Waals surface area contributed by atoms with Crippen molar-refractivity contribution in [1.29, 1.82) is 0 Å². The predicted molar refractivity (Wildman–Crippen MR) is 112 cm³/mol. The topological polar surface area (TPSA) is 60.5 Å². The fourth-order valence-corrected chi connectivity index (χ4v) is 3.72. The second-order valence-corrected chi connectivity index (χ2v) is 7.08. The Bertz CT molecular complexity index is 1090. The number of fused-ring (bicyclic) bond motifs is 1. The van der Waals surface area contributed by atoms with Gasteiger partial charge in [0.15, 0.2) is 11.7 Å². The standard InChI is InChI=1S/C22H18N2O3S/c1-26-18-8-5-9-19-21(18)24-22(28-19)23-20(25)14-27-17-12-10-16(11-13-17)15-6-3-2-4-7-15/h2-13H,14H2,1H3,(H,23,24,25). The molecule has 0 unspecified atom stereocenters. The van der Waals surface area contributed by atoms with Crippen molar-refractivity contribution in [3.05, 3.63) is 72.8 Å². The van der Waals surface area contributed by atoms with Crippen LogP contribution in [0, 0.1) is 0 Å². The first-order valence-corrected chi connectivity index (χ1v) is 9.56. The van der Waals surface area contributed by atoms with E-state index in [1.54, 1.807) is 7.11 Å². The van der Waals surface area contributed by atoms with E-state index in [9.17, 15) is 4.79 Å². The molecular weight excluding hydrogens is 372 g/mol. The van der Waals surface area contributed by atoms with Crippen LogP contribution in [0.5, 0.6) is 11.5 Å². The third kappa shape index (κ3) is 3.97. The van der Waals surface area contributed by atoms with Gasteiger partial charge < -0.3 is 9.47 Å². The SMILES string of the molecule is COc1cccc2sc(NC(=O)COc3ccc(-c4ccccc4)cc3)nc12. The van der Waals surface area contributed by atoms with Crippen molar-refractivity contribution in [2.75, 3.05) is 19.0 Å². The highest BCUT2D eigenvalue weighted by Gasteiger charge is 2.11. The van der Waals surface area contributed by atoms with E-state index in [-0.39, 0.29) is 12.5 Å². The van der Waals surface area contributed by atoms with Crippen molar-refractivity contribution in [3.8, 4) is 22.6 Å². The monoisotopic (exact) mass is 390 g/mol. The molecular formula is C22H18N2O3S. The highest BCUT2D eigenvalue weighted by Crippen LogP contribution is 2.32. The van der Waals surface area contributed by atoms with E-state index >= 15 is 0 Å². The molecule has 0 radical (unpaired) electrons. The van der Waals surface area contributed by atoms with Crippen LogP contribution in [0.3, 0.4) is 0 Å². The van der Waals surface area contributed by atoms with Crippen molar-refractivity contribution < 1.29 is 14.3 Å². The number of para-hydroxylation sites is 1. The first-order valence-electron chi connectivity index (χ1n) is 8.74. The van der Waals surface area contributed by atoms with Crippen LogP contribution >= 0.6 is 11.3 Å². The number of methoxy groups -OCH3 is 1. The maximum Gasteiger partial charge on any atom is 0.264 e. The number of hydrogen-bond donors (Lipinski definition) is 1. The third-order valence-corrected chi connectivity index (χ3v) is 5.12. The lowest BCUT2D eigenvalue weighted by atomic mass is 10.1. The first kappa shape index (κ1) is 18.0. The number of amides is 1. The molecule has 0 fully saturated rings. The van der Waals surface area contributed by atoms with Crippen LogP contribution in [-0.2, 0) is 4.79 Å². The summed E-state index contributed by atoms with van der Waals surface area (Å²) >= 11 is 1.40. The smallest absolute Gasteiger partial charge is 0.264 e. The zero-order chi connectivity index (χ0) is 19.3. The zero-order valence-electron chi connectivity index (χ0n) is 15.2. The van der Waals surface area contributed by atoms with Crippen LogP contribution in [0.15, 0.2) is 72.8 Å². The maximum atomic E-state index is 12.2. The summed E-state index contributed by atoms with van der Waals surface area (Å²) in [6.07, 6.45) is 0. The van der Waals surface area contributed by atoms with Gasteiger partial charge in [0.25, 0.3) is 5.91 Å². The molecule has 0 atom stereocenters. The number of nitrogens with zero attached hydrogens (tertiary/aromatic N) is 1. The lowest BCUT2D eigenvalue weighted by Gasteiger charge is -2.07. The average molecular weight is 390 g/mol. The maximum absolute atomic E-state index is 12.2. The van der Waals surface area contributed by atoms with Crippen molar-refractivity contribution in [3.63, 3.8) is 0 Å². The van der Waals surface area contributed by atoms with Gasteiger partial charge in [0.05, 0.1) is 11.8 Å². The van der Waals surface area contributed by atoms with E-state index < -0.39 is 0 Å². The molecule has 3 aromatic carbocycles. The molecule has 1 heterocycles. The van der Waals surface area contributed by atoms with Gasteiger partial charge in [-0.05, 0) is 35.4 Å². The van der Waals surface area contributed by atoms with E-state index in [4.69, 9.17) is 9.47 Å². The quantitative estimate of drug-likeness (QED) is 0.504. The van der Waals surface area contributed by atoms with E-state index in [0.717, 1.165) is 21.3 Å². The molecule has 0 saturated heterocycles. The van der Waals surface area contributed by atoms with Crippen LogP contribution in [0.4, 0.5) is 5.13 Å². The minimum atomic E-state index is -0.259. The van der Waals surface area contributed by atoms with Gasteiger partial charge in [-0.3, -0.25) is 10.1 Å². The van der Waals surface area contributed by atoms with Crippen LogP contribution in [0.2, 0.25) is 0 Å². The Morgan fingerprint density at radius 1 is 0.964 bits per heavy atom. The summed E-state index contributed by atoms with van der Waals surface area (Å²) in [5.41, 5.74) is 2.97. The van der Waals surface area contributed by atoms with Gasteiger partial charge in [-0.2, -0.15) is 0 Å². The molecule has 140 valence electrons. The lowest BCUT2D eigenvalue weighted by Crippen LogP contribution is -2.19. The van der Waals surface area contributed by atoms with Crippen LogP contribution in [0.25, 0.3) is 21.3 Å². The van der Waals surface area contributed by atoms with Crippen LogP contribution in [0.1, 0.15) is 0 Å². The van der Waals surface area contributed by atoms with Crippen molar-refractivity contribution in [1.82, 2.24) is 4.98 Å². The molecule has 4 aromatic rings. The van der Waals surface area contributed by atoms with Crippen molar-refractivity contribution in [2.24, 2.45) is 0 Å².